The average Bonchev–Trinajstić information content (AvgIpc) is 2.40. The smallest absolute Gasteiger partial charge is 0.306 e. The van der Waals surface area contributed by atoms with Crippen molar-refractivity contribution in [1.82, 2.24) is 4.90 Å². The van der Waals surface area contributed by atoms with Crippen LogP contribution >= 0.6 is 0 Å². The average molecular weight is 195 g/mol. The van der Waals surface area contributed by atoms with Crippen LogP contribution in [-0.2, 0) is 4.79 Å². The van der Waals surface area contributed by atoms with Crippen molar-refractivity contribution in [2.45, 2.75) is 37.8 Å². The number of hydrogen-bond acceptors (Lipinski definition) is 2. The third-order valence-electron chi connectivity index (χ3n) is 3.57. The molecule has 2 bridgehead atoms. The maximum atomic E-state index is 10.9. The van der Waals surface area contributed by atoms with Crippen molar-refractivity contribution in [3.05, 3.63) is 12.7 Å². The van der Waals surface area contributed by atoms with Crippen molar-refractivity contribution in [3.63, 3.8) is 0 Å². The Labute approximate surface area is 84.4 Å². The van der Waals surface area contributed by atoms with E-state index < -0.39 is 5.97 Å². The zero-order valence-corrected chi connectivity index (χ0v) is 8.35. The van der Waals surface area contributed by atoms with Gasteiger partial charge in [-0.3, -0.25) is 9.69 Å². The van der Waals surface area contributed by atoms with E-state index in [0.29, 0.717) is 12.1 Å². The van der Waals surface area contributed by atoms with Crippen LogP contribution in [0.4, 0.5) is 0 Å². The Morgan fingerprint density at radius 1 is 1.43 bits per heavy atom. The number of piperidine rings is 1. The Morgan fingerprint density at radius 2 is 2.00 bits per heavy atom. The monoisotopic (exact) mass is 195 g/mol. The van der Waals surface area contributed by atoms with Crippen molar-refractivity contribution in [2.75, 3.05) is 6.54 Å². The van der Waals surface area contributed by atoms with Gasteiger partial charge in [-0.15, -0.1) is 6.58 Å². The Balaban J connectivity index is 2.04. The molecule has 2 heterocycles. The largest absolute Gasteiger partial charge is 0.481 e. The molecule has 0 aromatic carbocycles. The maximum Gasteiger partial charge on any atom is 0.306 e. The Morgan fingerprint density at radius 3 is 2.43 bits per heavy atom. The lowest BCUT2D eigenvalue weighted by atomic mass is 9.91. The van der Waals surface area contributed by atoms with Crippen molar-refractivity contribution in [2.24, 2.45) is 5.92 Å². The van der Waals surface area contributed by atoms with E-state index in [1.165, 1.54) is 12.8 Å². The van der Waals surface area contributed by atoms with Crippen molar-refractivity contribution < 1.29 is 9.90 Å². The van der Waals surface area contributed by atoms with E-state index in [2.05, 4.69) is 11.5 Å². The van der Waals surface area contributed by atoms with Crippen LogP contribution in [0.15, 0.2) is 12.7 Å². The maximum absolute atomic E-state index is 10.9. The molecule has 2 aliphatic rings. The van der Waals surface area contributed by atoms with E-state index in [1.807, 2.05) is 6.08 Å². The SMILES string of the molecule is C=CCN1C2CCC1CC(C(=O)O)C2. The molecule has 2 unspecified atom stereocenters. The molecule has 2 aliphatic heterocycles. The van der Waals surface area contributed by atoms with Gasteiger partial charge in [0.15, 0.2) is 0 Å². The number of hydrogen-bond donors (Lipinski definition) is 1. The third-order valence-corrected chi connectivity index (χ3v) is 3.57. The highest BCUT2D eigenvalue weighted by atomic mass is 16.4. The number of carboxylic acids is 1. The van der Waals surface area contributed by atoms with Crippen molar-refractivity contribution in [3.8, 4) is 0 Å². The molecule has 0 saturated carbocycles. The van der Waals surface area contributed by atoms with E-state index in [1.54, 1.807) is 0 Å². The summed E-state index contributed by atoms with van der Waals surface area (Å²) in [5.41, 5.74) is 0. The van der Waals surface area contributed by atoms with Crippen LogP contribution < -0.4 is 0 Å². The van der Waals surface area contributed by atoms with Gasteiger partial charge in [-0.1, -0.05) is 6.08 Å². The summed E-state index contributed by atoms with van der Waals surface area (Å²) in [6, 6.07) is 0.987. The summed E-state index contributed by atoms with van der Waals surface area (Å²) >= 11 is 0. The fraction of sp³-hybridized carbons (Fsp3) is 0.727. The summed E-state index contributed by atoms with van der Waals surface area (Å²) in [5.74, 6) is -0.714. The van der Waals surface area contributed by atoms with E-state index in [-0.39, 0.29) is 5.92 Å². The predicted octanol–water partition coefficient (Wildman–Crippen LogP) is 1.50. The minimum Gasteiger partial charge on any atom is -0.481 e. The zero-order valence-electron chi connectivity index (χ0n) is 8.35. The first-order valence-electron chi connectivity index (χ1n) is 5.32. The zero-order chi connectivity index (χ0) is 10.1. The fourth-order valence-electron chi connectivity index (χ4n) is 2.92. The van der Waals surface area contributed by atoms with Gasteiger partial charge >= 0.3 is 5.97 Å². The van der Waals surface area contributed by atoms with Gasteiger partial charge < -0.3 is 5.11 Å². The van der Waals surface area contributed by atoms with Gasteiger partial charge in [0.25, 0.3) is 0 Å². The second-order valence-corrected chi connectivity index (χ2v) is 4.38. The second-order valence-electron chi connectivity index (χ2n) is 4.38. The lowest BCUT2D eigenvalue weighted by Gasteiger charge is -2.36. The molecular formula is C11H17NO2. The molecule has 0 aromatic heterocycles. The lowest BCUT2D eigenvalue weighted by Crippen LogP contribution is -2.44. The Bertz CT molecular complexity index is 238. The molecule has 2 fully saturated rings. The number of aliphatic carboxylic acids is 1. The van der Waals surface area contributed by atoms with Gasteiger partial charge in [0.05, 0.1) is 5.92 Å². The molecule has 78 valence electrons. The van der Waals surface area contributed by atoms with Gasteiger partial charge in [-0.2, -0.15) is 0 Å². The first-order chi connectivity index (χ1) is 6.72. The van der Waals surface area contributed by atoms with Crippen molar-refractivity contribution in [1.29, 1.82) is 0 Å². The molecule has 0 spiro atoms. The fourth-order valence-corrected chi connectivity index (χ4v) is 2.92. The first-order valence-corrected chi connectivity index (χ1v) is 5.32. The lowest BCUT2D eigenvalue weighted by molar-refractivity contribution is -0.144. The van der Waals surface area contributed by atoms with Crippen LogP contribution in [0.25, 0.3) is 0 Å². The highest BCUT2D eigenvalue weighted by Crippen LogP contribution is 2.38. The summed E-state index contributed by atoms with van der Waals surface area (Å²) in [6.07, 6.45) is 5.93. The molecular weight excluding hydrogens is 178 g/mol. The molecule has 0 aromatic rings. The van der Waals surface area contributed by atoms with Crippen LogP contribution in [0.3, 0.4) is 0 Å². The summed E-state index contributed by atoms with van der Waals surface area (Å²) in [7, 11) is 0. The number of carboxylic acid groups (broad SMARTS) is 1. The van der Waals surface area contributed by atoms with Crippen molar-refractivity contribution >= 4 is 5.97 Å². The highest BCUT2D eigenvalue weighted by molar-refractivity contribution is 5.70. The number of carbonyl (C=O) groups is 1. The Kier molecular flexibility index (Phi) is 2.59. The highest BCUT2D eigenvalue weighted by Gasteiger charge is 2.42. The van der Waals surface area contributed by atoms with Gasteiger partial charge in [0, 0.05) is 18.6 Å². The van der Waals surface area contributed by atoms with Gasteiger partial charge in [0.1, 0.15) is 0 Å². The van der Waals surface area contributed by atoms with Crippen LogP contribution in [0.5, 0.6) is 0 Å². The summed E-state index contributed by atoms with van der Waals surface area (Å²) in [4.78, 5) is 13.3. The molecule has 2 rings (SSSR count). The predicted molar refractivity (Wildman–Crippen MR) is 54.1 cm³/mol. The minimum absolute atomic E-state index is 0.103. The van der Waals surface area contributed by atoms with Gasteiger partial charge in [-0.05, 0) is 25.7 Å². The van der Waals surface area contributed by atoms with Crippen LogP contribution in [0.2, 0.25) is 0 Å². The molecule has 2 atom stereocenters. The number of rotatable bonds is 3. The molecule has 14 heavy (non-hydrogen) atoms. The Hall–Kier alpha value is -0.830. The number of nitrogens with zero attached hydrogens (tertiary/aromatic N) is 1. The topological polar surface area (TPSA) is 40.5 Å². The van der Waals surface area contributed by atoms with Gasteiger partial charge in [-0.25, -0.2) is 0 Å². The molecule has 3 nitrogen and oxygen atoms in total. The minimum atomic E-state index is -0.611. The molecule has 3 heteroatoms. The first kappa shape index (κ1) is 9.71. The van der Waals surface area contributed by atoms with Crippen LogP contribution in [0, 0.1) is 5.92 Å². The van der Waals surface area contributed by atoms with Gasteiger partial charge in [0.2, 0.25) is 0 Å². The summed E-state index contributed by atoms with van der Waals surface area (Å²) < 4.78 is 0. The number of fused-ring (bicyclic) bond motifs is 2. The second kappa shape index (κ2) is 3.73. The normalized spacial score (nSPS) is 37.0. The molecule has 0 amide bonds. The summed E-state index contributed by atoms with van der Waals surface area (Å²) in [5, 5.41) is 8.98. The van der Waals surface area contributed by atoms with E-state index in [9.17, 15) is 4.79 Å². The van der Waals surface area contributed by atoms with E-state index >= 15 is 0 Å². The third kappa shape index (κ3) is 1.57. The summed E-state index contributed by atoms with van der Waals surface area (Å²) in [6.45, 7) is 4.67. The quantitative estimate of drug-likeness (QED) is 0.694. The molecule has 0 radical (unpaired) electrons. The van der Waals surface area contributed by atoms with Crippen LogP contribution in [-0.4, -0.2) is 34.6 Å². The molecule has 1 N–H and O–H groups in total. The van der Waals surface area contributed by atoms with Crippen LogP contribution in [0.1, 0.15) is 25.7 Å². The van der Waals surface area contributed by atoms with E-state index in [0.717, 1.165) is 19.4 Å². The standard InChI is InChI=1S/C11H17NO2/c1-2-5-12-9-3-4-10(12)7-8(6-9)11(13)14/h2,8-10H,1,3-7H2,(H,13,14). The molecule has 0 aliphatic carbocycles. The molecule has 2 saturated heterocycles. The van der Waals surface area contributed by atoms with E-state index in [4.69, 9.17) is 5.11 Å².